The molecule has 0 fully saturated rings. The monoisotopic (exact) mass is 527 g/mol. The van der Waals surface area contributed by atoms with Gasteiger partial charge in [-0.3, -0.25) is 0 Å². The predicted molar refractivity (Wildman–Crippen MR) is 136 cm³/mol. The molecule has 1 atom stereocenters. The van der Waals surface area contributed by atoms with Crippen LogP contribution in [0.5, 0.6) is 0 Å². The van der Waals surface area contributed by atoms with Crippen molar-refractivity contribution in [2.45, 2.75) is 23.9 Å². The Bertz CT molecular complexity index is 1370. The number of hydrogen-bond acceptors (Lipinski definition) is 3. The van der Waals surface area contributed by atoms with E-state index in [-0.39, 0.29) is 5.69 Å². The number of aromatic nitrogens is 2. The number of nitrogens with one attached hydrogen (secondary N) is 2. The number of nitrogens with two attached hydrogens (primary N) is 1. The van der Waals surface area contributed by atoms with Crippen LogP contribution in [-0.2, 0) is 23.6 Å². The van der Waals surface area contributed by atoms with Crippen LogP contribution in [0.2, 0.25) is 0 Å². The SMILES string of the molecule is NS(=O)c1ccc(-n2nc(CCCNC(=O)Nc3ccc(C(F)(F)F)cc3)cc2-c2ccccc2)cc1. The molecule has 0 spiro atoms. The van der Waals surface area contributed by atoms with Gasteiger partial charge in [0.15, 0.2) is 0 Å². The largest absolute Gasteiger partial charge is 0.416 e. The first-order chi connectivity index (χ1) is 17.7. The number of nitrogens with zero attached hydrogens (tertiary/aromatic N) is 2. The Kier molecular flexibility index (Phi) is 8.04. The number of halogens is 3. The van der Waals surface area contributed by atoms with E-state index < -0.39 is 28.8 Å². The molecule has 3 aromatic carbocycles. The topological polar surface area (TPSA) is 102 Å². The molecule has 37 heavy (non-hydrogen) atoms. The molecule has 0 bridgehead atoms. The summed E-state index contributed by atoms with van der Waals surface area (Å²) >= 11 is 0. The molecule has 192 valence electrons. The number of rotatable bonds is 8. The molecule has 0 aliphatic heterocycles. The van der Waals surface area contributed by atoms with E-state index in [1.165, 1.54) is 12.1 Å². The highest BCUT2D eigenvalue weighted by molar-refractivity contribution is 7.82. The van der Waals surface area contributed by atoms with Gasteiger partial charge in [-0.15, -0.1) is 0 Å². The normalized spacial score (nSPS) is 12.2. The maximum absolute atomic E-state index is 12.7. The number of carbonyl (C=O) groups is 1. The van der Waals surface area contributed by atoms with E-state index in [9.17, 15) is 22.2 Å². The molecule has 1 unspecified atom stereocenters. The van der Waals surface area contributed by atoms with Gasteiger partial charge in [0.25, 0.3) is 0 Å². The Labute approximate surface area is 214 Å². The number of benzene rings is 3. The first-order valence-electron chi connectivity index (χ1n) is 11.3. The van der Waals surface area contributed by atoms with E-state index >= 15 is 0 Å². The van der Waals surface area contributed by atoms with Crippen LogP contribution in [0, 0.1) is 0 Å². The summed E-state index contributed by atoms with van der Waals surface area (Å²) in [6.07, 6.45) is -3.25. The fraction of sp³-hybridized carbons (Fsp3) is 0.154. The second-order valence-electron chi connectivity index (χ2n) is 8.15. The molecule has 11 heteroatoms. The average Bonchev–Trinajstić information content (AvgIpc) is 3.31. The van der Waals surface area contributed by atoms with Crippen molar-refractivity contribution < 1.29 is 22.2 Å². The number of urea groups is 1. The minimum Gasteiger partial charge on any atom is -0.338 e. The highest BCUT2D eigenvalue weighted by Crippen LogP contribution is 2.30. The zero-order valence-electron chi connectivity index (χ0n) is 19.5. The maximum Gasteiger partial charge on any atom is 0.416 e. The second-order valence-corrected chi connectivity index (χ2v) is 9.22. The molecule has 4 aromatic rings. The lowest BCUT2D eigenvalue weighted by molar-refractivity contribution is -0.137. The number of carbonyl (C=O) groups excluding carboxylic acids is 1. The number of alkyl halides is 3. The lowest BCUT2D eigenvalue weighted by atomic mass is 10.1. The van der Waals surface area contributed by atoms with Crippen LogP contribution in [0.25, 0.3) is 16.9 Å². The van der Waals surface area contributed by atoms with Gasteiger partial charge in [-0.1, -0.05) is 30.3 Å². The van der Waals surface area contributed by atoms with E-state index in [4.69, 9.17) is 10.2 Å². The molecule has 4 N–H and O–H groups in total. The third-order valence-corrected chi connectivity index (χ3v) is 6.25. The summed E-state index contributed by atoms with van der Waals surface area (Å²) in [6, 6.07) is 22.5. The lowest BCUT2D eigenvalue weighted by Crippen LogP contribution is -2.29. The fourth-order valence-corrected chi connectivity index (χ4v) is 4.08. The first-order valence-corrected chi connectivity index (χ1v) is 12.5. The third-order valence-electron chi connectivity index (χ3n) is 5.51. The number of anilines is 1. The van der Waals surface area contributed by atoms with Crippen LogP contribution < -0.4 is 15.8 Å². The van der Waals surface area contributed by atoms with Gasteiger partial charge in [-0.2, -0.15) is 18.3 Å². The minimum atomic E-state index is -4.43. The molecular weight excluding hydrogens is 503 g/mol. The van der Waals surface area contributed by atoms with Crippen LogP contribution >= 0.6 is 0 Å². The third kappa shape index (κ3) is 6.83. The van der Waals surface area contributed by atoms with Crippen molar-refractivity contribution in [2.24, 2.45) is 5.14 Å². The molecule has 4 rings (SSSR count). The van der Waals surface area contributed by atoms with Crippen molar-refractivity contribution >= 4 is 22.7 Å². The first kappa shape index (κ1) is 26.1. The molecule has 0 saturated carbocycles. The Morgan fingerprint density at radius 1 is 0.973 bits per heavy atom. The second kappa shape index (κ2) is 11.4. The Hall–Kier alpha value is -3.96. The smallest absolute Gasteiger partial charge is 0.338 e. The molecule has 1 heterocycles. The summed E-state index contributed by atoms with van der Waals surface area (Å²) in [6.45, 7) is 0.344. The number of hydrogen-bond donors (Lipinski definition) is 3. The molecule has 0 aliphatic carbocycles. The molecular formula is C26H24F3N5O2S. The van der Waals surface area contributed by atoms with Crippen molar-refractivity contribution in [3.05, 3.63) is 96.2 Å². The van der Waals surface area contributed by atoms with Crippen molar-refractivity contribution in [1.82, 2.24) is 15.1 Å². The summed E-state index contributed by atoms with van der Waals surface area (Å²) in [5.41, 5.74) is 2.94. The van der Waals surface area contributed by atoms with Gasteiger partial charge < -0.3 is 10.6 Å². The molecule has 1 aromatic heterocycles. The predicted octanol–water partition coefficient (Wildman–Crippen LogP) is 5.29. The number of aryl methyl sites for hydroxylation is 1. The van der Waals surface area contributed by atoms with E-state index in [2.05, 4.69) is 10.6 Å². The van der Waals surface area contributed by atoms with Crippen molar-refractivity contribution in [2.75, 3.05) is 11.9 Å². The maximum atomic E-state index is 12.7. The zero-order chi connectivity index (χ0) is 26.4. The van der Waals surface area contributed by atoms with E-state index in [0.29, 0.717) is 24.3 Å². The van der Waals surface area contributed by atoms with Crippen LogP contribution in [0.15, 0.2) is 89.8 Å². The quantitative estimate of drug-likeness (QED) is 0.271. The van der Waals surface area contributed by atoms with Gasteiger partial charge in [-0.05, 0) is 67.4 Å². The van der Waals surface area contributed by atoms with Gasteiger partial charge >= 0.3 is 12.2 Å². The Morgan fingerprint density at radius 2 is 1.65 bits per heavy atom. The van der Waals surface area contributed by atoms with Crippen molar-refractivity contribution in [3.63, 3.8) is 0 Å². The van der Waals surface area contributed by atoms with E-state index in [1.54, 1.807) is 28.9 Å². The Balaban J connectivity index is 1.38. The van der Waals surface area contributed by atoms with Gasteiger partial charge in [0.1, 0.15) is 11.0 Å². The summed E-state index contributed by atoms with van der Waals surface area (Å²) in [7, 11) is -1.57. The van der Waals surface area contributed by atoms with Crippen LogP contribution in [0.1, 0.15) is 17.7 Å². The standard InChI is InChI=1S/C26H24F3N5O2S/c27-26(28,29)19-8-10-20(11-9-19)32-25(35)31-16-4-7-21-17-24(18-5-2-1-3-6-18)34(33-21)22-12-14-23(15-13-22)37(30)36/h1-3,5-6,8-15,17H,4,7,16,30H2,(H2,31,32,35). The van der Waals surface area contributed by atoms with E-state index in [0.717, 1.165) is 34.8 Å². The number of amides is 2. The van der Waals surface area contributed by atoms with Crippen LogP contribution in [-0.4, -0.2) is 26.6 Å². The van der Waals surface area contributed by atoms with Gasteiger partial charge in [-0.25, -0.2) is 18.8 Å². The van der Waals surface area contributed by atoms with Gasteiger partial charge in [0, 0.05) is 17.8 Å². The average molecular weight is 528 g/mol. The summed E-state index contributed by atoms with van der Waals surface area (Å²) < 4.78 is 51.3. The fourth-order valence-electron chi connectivity index (χ4n) is 3.67. The van der Waals surface area contributed by atoms with Crippen molar-refractivity contribution in [1.29, 1.82) is 0 Å². The summed E-state index contributed by atoms with van der Waals surface area (Å²) in [5, 5.41) is 15.4. The molecule has 7 nitrogen and oxygen atoms in total. The zero-order valence-corrected chi connectivity index (χ0v) is 20.4. The molecule has 0 radical (unpaired) electrons. The van der Waals surface area contributed by atoms with E-state index in [1.807, 2.05) is 36.4 Å². The highest BCUT2D eigenvalue weighted by atomic mass is 32.2. The van der Waals surface area contributed by atoms with Gasteiger partial charge in [0.05, 0.1) is 27.5 Å². The lowest BCUT2D eigenvalue weighted by Gasteiger charge is -2.09. The molecule has 0 aliphatic rings. The minimum absolute atomic E-state index is 0.265. The Morgan fingerprint density at radius 3 is 2.27 bits per heavy atom. The summed E-state index contributed by atoms with van der Waals surface area (Å²) in [5.74, 6) is 0. The molecule has 2 amide bonds. The highest BCUT2D eigenvalue weighted by Gasteiger charge is 2.30. The molecule has 0 saturated heterocycles. The van der Waals surface area contributed by atoms with Crippen LogP contribution in [0.4, 0.5) is 23.7 Å². The van der Waals surface area contributed by atoms with Crippen LogP contribution in [0.3, 0.4) is 0 Å². The van der Waals surface area contributed by atoms with Crippen molar-refractivity contribution in [3.8, 4) is 16.9 Å². The summed E-state index contributed by atoms with van der Waals surface area (Å²) in [4.78, 5) is 12.6. The van der Waals surface area contributed by atoms with Gasteiger partial charge in [0.2, 0.25) is 0 Å².